The highest BCUT2D eigenvalue weighted by molar-refractivity contribution is 7.94. The first-order valence-electron chi connectivity index (χ1n) is 9.99. The van der Waals surface area contributed by atoms with Crippen molar-refractivity contribution in [3.05, 3.63) is 35.4 Å². The van der Waals surface area contributed by atoms with Crippen molar-refractivity contribution in [3.8, 4) is 11.1 Å². The van der Waals surface area contributed by atoms with E-state index >= 15 is 0 Å². The third-order valence-electron chi connectivity index (χ3n) is 5.65. The van der Waals surface area contributed by atoms with Crippen LogP contribution in [0.2, 0.25) is 0 Å². The lowest BCUT2D eigenvalue weighted by atomic mass is 9.96. The Morgan fingerprint density at radius 3 is 2.40 bits per heavy atom. The number of fused-ring (bicyclic) bond motifs is 1. The molecule has 0 saturated carbocycles. The van der Waals surface area contributed by atoms with Crippen LogP contribution in [0.25, 0.3) is 21.3 Å². The highest BCUT2D eigenvalue weighted by atomic mass is 32.2. The molecule has 0 spiro atoms. The molecule has 2 aromatic carbocycles. The average molecular weight is 536 g/mol. The van der Waals surface area contributed by atoms with Crippen molar-refractivity contribution in [1.29, 1.82) is 0 Å². The van der Waals surface area contributed by atoms with Gasteiger partial charge in [-0.2, -0.15) is 5.11 Å². The summed E-state index contributed by atoms with van der Waals surface area (Å²) >= 11 is 0.954. The van der Waals surface area contributed by atoms with Gasteiger partial charge in [-0.3, -0.25) is 0 Å². The van der Waals surface area contributed by atoms with E-state index in [1.54, 1.807) is 0 Å². The smallest absolute Gasteiger partial charge is 0.337 e. The zero-order chi connectivity index (χ0) is 25.1. The number of benzene rings is 2. The molecule has 0 unspecified atom stereocenters. The molecular weight excluding hydrogens is 518 g/mol. The second-order valence-electron chi connectivity index (χ2n) is 7.75. The summed E-state index contributed by atoms with van der Waals surface area (Å²) in [6.07, 6.45) is 0. The van der Waals surface area contributed by atoms with E-state index in [-0.39, 0.29) is 57.6 Å². The summed E-state index contributed by atoms with van der Waals surface area (Å²) in [5.74, 6) is -1.31. The number of primary sulfonamides is 1. The number of carboxylic acids is 1. The molecule has 2 aliphatic heterocycles. The number of nitrogen functional groups attached to an aromatic ring is 1. The molecule has 0 radical (unpaired) electrons. The van der Waals surface area contributed by atoms with Crippen molar-refractivity contribution >= 4 is 58.4 Å². The Bertz CT molecular complexity index is 1690. The van der Waals surface area contributed by atoms with Crippen LogP contribution in [0.1, 0.15) is 15.9 Å². The highest BCUT2D eigenvalue weighted by Crippen LogP contribution is 2.41. The number of anilines is 1. The number of aliphatic imine (C=N–C) groups is 1. The number of azo groups is 1. The Morgan fingerprint density at radius 1 is 1.11 bits per heavy atom. The van der Waals surface area contributed by atoms with Gasteiger partial charge in [0.15, 0.2) is 27.5 Å². The van der Waals surface area contributed by atoms with Crippen LogP contribution in [0.3, 0.4) is 0 Å². The van der Waals surface area contributed by atoms with Gasteiger partial charge in [0.25, 0.3) is 0 Å². The number of carboxylic acid groups (broad SMARTS) is 1. The Balaban J connectivity index is 1.90. The van der Waals surface area contributed by atoms with Crippen LogP contribution in [0.4, 0.5) is 5.13 Å². The number of sulfone groups is 1. The van der Waals surface area contributed by atoms with Gasteiger partial charge in [-0.05, 0) is 17.7 Å². The minimum Gasteiger partial charge on any atom is -0.478 e. The van der Waals surface area contributed by atoms with Crippen LogP contribution in [0, 0.1) is 0 Å². The van der Waals surface area contributed by atoms with E-state index in [1.165, 1.54) is 24.3 Å². The van der Waals surface area contributed by atoms with Gasteiger partial charge in [0.2, 0.25) is 10.0 Å². The van der Waals surface area contributed by atoms with Crippen LogP contribution in [-0.4, -0.2) is 63.7 Å². The van der Waals surface area contributed by atoms with Crippen molar-refractivity contribution in [3.63, 3.8) is 0 Å². The maximum absolute atomic E-state index is 13.3. The molecule has 182 valence electrons. The van der Waals surface area contributed by atoms with Crippen LogP contribution in [-0.2, 0) is 19.9 Å². The van der Waals surface area contributed by atoms with Crippen molar-refractivity contribution in [1.82, 2.24) is 10.3 Å². The predicted octanol–water partition coefficient (Wildman–Crippen LogP) is 0.807. The molecule has 16 heteroatoms. The van der Waals surface area contributed by atoms with Crippen LogP contribution >= 0.6 is 11.3 Å². The van der Waals surface area contributed by atoms with E-state index in [9.17, 15) is 26.7 Å². The zero-order valence-corrected chi connectivity index (χ0v) is 20.1. The van der Waals surface area contributed by atoms with E-state index in [0.717, 1.165) is 11.3 Å². The number of aromatic nitrogens is 1. The number of nitrogens with two attached hydrogens (primary N) is 2. The Hall–Kier alpha value is -3.31. The molecule has 35 heavy (non-hydrogen) atoms. The van der Waals surface area contributed by atoms with Crippen LogP contribution in [0.15, 0.2) is 49.3 Å². The number of thiazole rings is 1. The Labute approximate surface area is 202 Å². The summed E-state index contributed by atoms with van der Waals surface area (Å²) in [7, 11) is -8.70. The summed E-state index contributed by atoms with van der Waals surface area (Å²) in [5, 5.41) is 24.9. The van der Waals surface area contributed by atoms with E-state index in [1.807, 2.05) is 0 Å². The van der Waals surface area contributed by atoms with Crippen molar-refractivity contribution < 1.29 is 26.7 Å². The molecule has 5 rings (SSSR count). The molecule has 0 aliphatic carbocycles. The molecule has 2 aliphatic rings. The van der Waals surface area contributed by atoms with Gasteiger partial charge in [-0.15, -0.1) is 5.11 Å². The van der Waals surface area contributed by atoms with E-state index < -0.39 is 40.9 Å². The lowest BCUT2D eigenvalue weighted by Gasteiger charge is -2.28. The number of carbonyl (C=O) groups is 1. The van der Waals surface area contributed by atoms with Gasteiger partial charge in [0.1, 0.15) is 4.90 Å². The van der Waals surface area contributed by atoms with E-state index in [0.29, 0.717) is 5.56 Å². The van der Waals surface area contributed by atoms with Gasteiger partial charge in [0.05, 0.1) is 31.5 Å². The third kappa shape index (κ3) is 3.79. The predicted molar refractivity (Wildman–Crippen MR) is 128 cm³/mol. The molecule has 3 heterocycles. The van der Waals surface area contributed by atoms with Crippen LogP contribution in [0.5, 0.6) is 0 Å². The van der Waals surface area contributed by atoms with Gasteiger partial charge < -0.3 is 16.2 Å². The Kier molecular flexibility index (Phi) is 5.44. The molecule has 6 N–H and O–H groups in total. The molecule has 0 amide bonds. The molecule has 0 atom stereocenters. The summed E-state index contributed by atoms with van der Waals surface area (Å²) in [5.41, 5.74) is 6.35. The first-order chi connectivity index (χ1) is 16.5. The highest BCUT2D eigenvalue weighted by Gasteiger charge is 2.39. The molecular formula is C19H17N7O6S3. The topological polar surface area (TPSA) is 220 Å². The number of aromatic carboxylic acids is 1. The average Bonchev–Trinajstić information content (AvgIpc) is 3.38. The largest absolute Gasteiger partial charge is 0.478 e. The molecule has 13 nitrogen and oxygen atoms in total. The fourth-order valence-corrected chi connectivity index (χ4v) is 7.99. The molecule has 1 aromatic heterocycles. The lowest BCUT2D eigenvalue weighted by molar-refractivity contribution is 0.0699. The maximum atomic E-state index is 13.3. The number of sulfonamides is 1. The number of rotatable bonds is 6. The van der Waals surface area contributed by atoms with E-state index in [2.05, 4.69) is 25.5 Å². The number of hydrogen-bond acceptors (Lipinski definition) is 12. The zero-order valence-electron chi connectivity index (χ0n) is 17.7. The van der Waals surface area contributed by atoms with Gasteiger partial charge in [-0.1, -0.05) is 23.5 Å². The van der Waals surface area contributed by atoms with Gasteiger partial charge >= 0.3 is 5.97 Å². The lowest BCUT2D eigenvalue weighted by Crippen LogP contribution is -2.51. The molecule has 3 aromatic rings. The quantitative estimate of drug-likeness (QED) is 0.350. The summed E-state index contributed by atoms with van der Waals surface area (Å²) < 4.78 is 52.6. The second-order valence-corrected chi connectivity index (χ2v) is 12.5. The second kappa shape index (κ2) is 8.13. The molecule has 1 saturated heterocycles. The Morgan fingerprint density at radius 2 is 1.83 bits per heavy atom. The summed E-state index contributed by atoms with van der Waals surface area (Å²) in [6, 6.07) is 5.35. The monoisotopic (exact) mass is 535 g/mol. The maximum Gasteiger partial charge on any atom is 0.337 e. The molecule has 0 bridgehead atoms. The van der Waals surface area contributed by atoms with Crippen molar-refractivity contribution in [2.45, 2.75) is 15.0 Å². The standard InChI is InChI=1S/C19H17N7O6S3/c20-19-25-14-10(1-2-11(18(27)28)15(14)33-19)9-3-4-12(34(29,30)8-5-22-6-8)16(35(21,31)32)13(9)17-23-7-24-26-17/h1-4,8,22H,5-7H2,(H2,20,25)(H,27,28)(H2,21,31,32). The van der Waals surface area contributed by atoms with Crippen LogP contribution < -0.4 is 16.2 Å². The first-order valence-corrected chi connectivity index (χ1v) is 13.9. The minimum absolute atomic E-state index is 0.0410. The van der Waals surface area contributed by atoms with Gasteiger partial charge in [0, 0.05) is 18.7 Å². The first kappa shape index (κ1) is 23.4. The fraction of sp³-hybridized carbons (Fsp3) is 0.211. The van der Waals surface area contributed by atoms with Crippen molar-refractivity contribution in [2.24, 2.45) is 20.4 Å². The summed E-state index contributed by atoms with van der Waals surface area (Å²) in [6.45, 7) is 0.248. The number of amidine groups is 1. The molecule has 1 fully saturated rings. The minimum atomic E-state index is -4.62. The fourth-order valence-electron chi connectivity index (χ4n) is 3.94. The third-order valence-corrected chi connectivity index (χ3v) is 9.85. The number of nitrogens with one attached hydrogen (secondary N) is 1. The number of nitrogens with zero attached hydrogens (tertiary/aromatic N) is 4. The summed E-state index contributed by atoms with van der Waals surface area (Å²) in [4.78, 5) is 19.0. The van der Waals surface area contributed by atoms with Gasteiger partial charge in [-0.25, -0.2) is 36.7 Å². The SMILES string of the molecule is Nc1nc2c(-c3ccc(S(=O)(=O)C4CNC4)c(S(N)(=O)=O)c3C3=NCN=N3)ccc(C(=O)O)c2s1. The normalized spacial score (nSPS) is 16.4. The number of hydrogen-bond donors (Lipinski definition) is 4. The van der Waals surface area contributed by atoms with E-state index in [4.69, 9.17) is 10.9 Å². The van der Waals surface area contributed by atoms with Crippen molar-refractivity contribution in [2.75, 3.05) is 25.5 Å².